The average molecular weight is 367 g/mol. The van der Waals surface area contributed by atoms with Gasteiger partial charge in [-0.15, -0.1) is 0 Å². The van der Waals surface area contributed by atoms with Crippen molar-refractivity contribution in [1.82, 2.24) is 14.9 Å². The second-order valence-corrected chi connectivity index (χ2v) is 6.38. The summed E-state index contributed by atoms with van der Waals surface area (Å²) in [7, 11) is 3.36. The lowest BCUT2D eigenvalue weighted by Gasteiger charge is -2.31. The Morgan fingerprint density at radius 1 is 1.15 bits per heavy atom. The molecule has 3 heterocycles. The number of fused-ring (bicyclic) bond motifs is 1. The van der Waals surface area contributed by atoms with Crippen molar-refractivity contribution < 1.29 is 23.8 Å². The number of pyridine rings is 1. The topological polar surface area (TPSA) is 93.8 Å². The van der Waals surface area contributed by atoms with E-state index >= 15 is 0 Å². The molecule has 8 nitrogen and oxygen atoms in total. The number of nitrogens with zero attached hydrogens (tertiary/aromatic N) is 2. The van der Waals surface area contributed by atoms with Crippen LogP contribution >= 0.6 is 0 Å². The Morgan fingerprint density at radius 2 is 1.93 bits per heavy atom. The van der Waals surface area contributed by atoms with Gasteiger partial charge in [0.2, 0.25) is 0 Å². The second-order valence-electron chi connectivity index (χ2n) is 6.38. The van der Waals surface area contributed by atoms with E-state index in [1.54, 1.807) is 43.7 Å². The van der Waals surface area contributed by atoms with Crippen molar-refractivity contribution >= 4 is 22.8 Å². The van der Waals surface area contributed by atoms with Crippen LogP contribution < -0.4 is 4.74 Å². The van der Waals surface area contributed by atoms with Gasteiger partial charge in [0, 0.05) is 23.3 Å². The number of hydrogen-bond acceptors (Lipinski definition) is 7. The predicted molar refractivity (Wildman–Crippen MR) is 94.9 cm³/mol. The Labute approximate surface area is 154 Å². The third-order valence-electron chi connectivity index (χ3n) is 4.38. The van der Waals surface area contributed by atoms with Crippen molar-refractivity contribution in [3.8, 4) is 11.5 Å². The van der Waals surface area contributed by atoms with E-state index < -0.39 is 17.8 Å². The molecule has 0 spiro atoms. The van der Waals surface area contributed by atoms with Crippen molar-refractivity contribution in [1.29, 1.82) is 0 Å². The van der Waals surface area contributed by atoms with Gasteiger partial charge < -0.3 is 19.2 Å². The molecule has 1 aliphatic rings. The fraction of sp³-hybridized carbons (Fsp3) is 0.211. The van der Waals surface area contributed by atoms with Gasteiger partial charge in [0.25, 0.3) is 0 Å². The van der Waals surface area contributed by atoms with Crippen LogP contribution in [0.25, 0.3) is 10.9 Å². The maximum absolute atomic E-state index is 11.6. The van der Waals surface area contributed by atoms with Crippen LogP contribution in [0.4, 0.5) is 0 Å². The first-order valence-electron chi connectivity index (χ1n) is 8.28. The van der Waals surface area contributed by atoms with Crippen molar-refractivity contribution in [2.45, 2.75) is 12.3 Å². The number of hydrogen-bond donors (Lipinski definition) is 1. The molecule has 27 heavy (non-hydrogen) atoms. The first kappa shape index (κ1) is 17.0. The van der Waals surface area contributed by atoms with Crippen LogP contribution in [-0.4, -0.2) is 46.8 Å². The van der Waals surface area contributed by atoms with E-state index in [1.807, 2.05) is 24.3 Å². The van der Waals surface area contributed by atoms with Gasteiger partial charge in [-0.1, -0.05) is 0 Å². The van der Waals surface area contributed by atoms with Gasteiger partial charge in [-0.25, -0.2) is 14.5 Å². The molecule has 0 unspecified atom stereocenters. The number of likely N-dealkylation sites (N-methyl/N-ethyl adjacent to an activating group) is 1. The van der Waals surface area contributed by atoms with E-state index in [9.17, 15) is 9.59 Å². The van der Waals surface area contributed by atoms with Gasteiger partial charge in [-0.05, 0) is 50.0 Å². The monoisotopic (exact) mass is 367 g/mol. The number of carbonyl (C=O) groups excluding carboxylic acids is 2. The summed E-state index contributed by atoms with van der Waals surface area (Å²) in [5, 5.41) is 0.872. The Hall–Kier alpha value is -3.39. The molecule has 0 radical (unpaired) electrons. The molecule has 1 aromatic carbocycles. The molecule has 0 bridgehead atoms. The molecule has 1 saturated heterocycles. The van der Waals surface area contributed by atoms with Crippen LogP contribution in [0.3, 0.4) is 0 Å². The fourth-order valence-corrected chi connectivity index (χ4v) is 2.96. The smallest absolute Gasteiger partial charge is 0.421 e. The van der Waals surface area contributed by atoms with Crippen LogP contribution in [0.1, 0.15) is 5.56 Å². The highest BCUT2D eigenvalue weighted by atomic mass is 16.8. The standard InChI is InChI=1S/C19H17N3O5/c1-22(2)19(26-17(23)18(24)27-19)9-12-10-21-16-6-5-13(8-15(12)16)25-14-4-3-7-20-11-14/h3-8,10-11,21H,9H2,1-2H3. The molecule has 1 fully saturated rings. The molecule has 0 atom stereocenters. The van der Waals surface area contributed by atoms with Crippen molar-refractivity contribution in [3.63, 3.8) is 0 Å². The molecule has 0 aliphatic carbocycles. The summed E-state index contributed by atoms with van der Waals surface area (Å²) in [6.45, 7) is 0. The average Bonchev–Trinajstić information content (AvgIpc) is 3.17. The molecular formula is C19H17N3O5. The molecule has 138 valence electrons. The minimum atomic E-state index is -1.47. The minimum absolute atomic E-state index is 0.174. The normalized spacial score (nSPS) is 15.8. The third-order valence-corrected chi connectivity index (χ3v) is 4.38. The second kappa shape index (κ2) is 6.40. The Morgan fingerprint density at radius 3 is 2.59 bits per heavy atom. The number of cyclic esters (lactones) is 2. The number of rotatable bonds is 5. The highest BCUT2D eigenvalue weighted by molar-refractivity contribution is 6.31. The Balaban J connectivity index is 1.67. The summed E-state index contributed by atoms with van der Waals surface area (Å²) >= 11 is 0. The number of aromatic amines is 1. The fourth-order valence-electron chi connectivity index (χ4n) is 2.96. The van der Waals surface area contributed by atoms with Gasteiger partial charge in [0.15, 0.2) is 0 Å². The number of esters is 2. The quantitative estimate of drug-likeness (QED) is 0.546. The molecule has 1 N–H and O–H groups in total. The number of benzene rings is 1. The van der Waals surface area contributed by atoms with Gasteiger partial charge in [-0.3, -0.25) is 4.98 Å². The largest absolute Gasteiger partial charge is 0.456 e. The highest BCUT2D eigenvalue weighted by Crippen LogP contribution is 2.33. The summed E-state index contributed by atoms with van der Waals surface area (Å²) in [4.78, 5) is 31.9. The summed E-state index contributed by atoms with van der Waals surface area (Å²) in [5.41, 5.74) is 1.70. The number of nitrogens with one attached hydrogen (secondary N) is 1. The van der Waals surface area contributed by atoms with E-state index in [0.29, 0.717) is 11.5 Å². The van der Waals surface area contributed by atoms with Crippen LogP contribution in [0.15, 0.2) is 48.9 Å². The Bertz CT molecular complexity index is 997. The van der Waals surface area contributed by atoms with E-state index in [0.717, 1.165) is 16.5 Å². The number of carbonyl (C=O) groups is 2. The van der Waals surface area contributed by atoms with E-state index in [-0.39, 0.29) is 6.42 Å². The van der Waals surface area contributed by atoms with Crippen LogP contribution in [0.2, 0.25) is 0 Å². The van der Waals surface area contributed by atoms with Crippen LogP contribution in [-0.2, 0) is 25.5 Å². The van der Waals surface area contributed by atoms with Crippen LogP contribution in [0, 0.1) is 0 Å². The lowest BCUT2D eigenvalue weighted by atomic mass is 10.1. The molecule has 0 amide bonds. The maximum atomic E-state index is 11.6. The van der Waals surface area contributed by atoms with Gasteiger partial charge in [0.1, 0.15) is 11.5 Å². The molecule has 2 aromatic heterocycles. The zero-order valence-electron chi connectivity index (χ0n) is 14.8. The molecular weight excluding hydrogens is 350 g/mol. The molecule has 0 saturated carbocycles. The SMILES string of the molecule is CN(C)C1(Cc2c[nH]c3ccc(Oc4cccnc4)cc23)OC(=O)C(=O)O1. The van der Waals surface area contributed by atoms with Crippen molar-refractivity contribution in [2.24, 2.45) is 0 Å². The van der Waals surface area contributed by atoms with Crippen molar-refractivity contribution in [2.75, 3.05) is 14.1 Å². The summed E-state index contributed by atoms with van der Waals surface area (Å²) in [5.74, 6) is -2.20. The van der Waals surface area contributed by atoms with Gasteiger partial charge >= 0.3 is 17.8 Å². The third kappa shape index (κ3) is 3.11. The van der Waals surface area contributed by atoms with E-state index in [1.165, 1.54) is 0 Å². The Kier molecular flexibility index (Phi) is 4.04. The molecule has 1 aliphatic heterocycles. The zero-order chi connectivity index (χ0) is 19.0. The first-order chi connectivity index (χ1) is 13.0. The molecule has 8 heteroatoms. The number of ether oxygens (including phenoxy) is 3. The maximum Gasteiger partial charge on any atom is 0.421 e. The van der Waals surface area contributed by atoms with Crippen molar-refractivity contribution in [3.05, 3.63) is 54.5 Å². The highest BCUT2D eigenvalue weighted by Gasteiger charge is 2.51. The van der Waals surface area contributed by atoms with E-state index in [4.69, 9.17) is 14.2 Å². The summed E-state index contributed by atoms with van der Waals surface area (Å²) in [6, 6.07) is 9.20. The lowest BCUT2D eigenvalue weighted by Crippen LogP contribution is -2.47. The zero-order valence-corrected chi connectivity index (χ0v) is 14.8. The minimum Gasteiger partial charge on any atom is -0.456 e. The molecule has 4 rings (SSSR count). The lowest BCUT2D eigenvalue weighted by molar-refractivity contribution is -0.236. The first-order valence-corrected chi connectivity index (χ1v) is 8.28. The number of aromatic nitrogens is 2. The number of H-pyrrole nitrogens is 1. The summed E-state index contributed by atoms with van der Waals surface area (Å²) in [6.07, 6.45) is 5.27. The van der Waals surface area contributed by atoms with Gasteiger partial charge in [-0.2, -0.15) is 0 Å². The summed E-state index contributed by atoms with van der Waals surface area (Å²) < 4.78 is 16.3. The van der Waals surface area contributed by atoms with Crippen LogP contribution in [0.5, 0.6) is 11.5 Å². The van der Waals surface area contributed by atoms with Gasteiger partial charge in [0.05, 0.1) is 12.6 Å². The van der Waals surface area contributed by atoms with E-state index in [2.05, 4.69) is 9.97 Å². The predicted octanol–water partition coefficient (Wildman–Crippen LogP) is 2.21. The molecule has 3 aromatic rings.